The topological polar surface area (TPSA) is 53.2 Å². The highest BCUT2D eigenvalue weighted by Gasteiger charge is 2.69. The highest BCUT2D eigenvalue weighted by atomic mass is 19.4. The number of nitrogens with zero attached hydrogens (tertiary/aromatic N) is 1. The molecule has 0 rings (SSSR count). The summed E-state index contributed by atoms with van der Waals surface area (Å²) in [6, 6.07) is 1.08. The van der Waals surface area contributed by atoms with Gasteiger partial charge in [0.05, 0.1) is 25.4 Å². The Morgan fingerprint density at radius 1 is 1.29 bits per heavy atom. The predicted octanol–water partition coefficient (Wildman–Crippen LogP) is 2.38. The van der Waals surface area contributed by atoms with E-state index in [2.05, 4.69) is 4.74 Å². The Balaban J connectivity index is 5.28. The van der Waals surface area contributed by atoms with E-state index in [4.69, 9.17) is 5.26 Å². The number of rotatable bonds is 5. The number of aliphatic hydroxyl groups is 1. The quantitative estimate of drug-likeness (QED) is 0.609. The van der Waals surface area contributed by atoms with Gasteiger partial charge in [-0.1, -0.05) is 0 Å². The molecule has 0 saturated carbocycles. The fraction of sp³-hybridized carbons (Fsp3) is 0.667. The minimum atomic E-state index is -5.96. The van der Waals surface area contributed by atoms with Crippen molar-refractivity contribution in [3.63, 3.8) is 0 Å². The van der Waals surface area contributed by atoms with Crippen LogP contribution in [-0.2, 0) is 4.74 Å². The molecular formula is C9H10F5NO2. The van der Waals surface area contributed by atoms with Crippen LogP contribution >= 0.6 is 0 Å². The first kappa shape index (κ1) is 15.6. The fourth-order valence-corrected chi connectivity index (χ4v) is 0.897. The number of alkyl halides is 5. The van der Waals surface area contributed by atoms with Crippen LogP contribution in [0.3, 0.4) is 0 Å². The van der Waals surface area contributed by atoms with Crippen molar-refractivity contribution in [2.45, 2.75) is 31.0 Å². The first-order valence-electron chi connectivity index (χ1n) is 4.45. The maximum Gasteiger partial charge on any atom is 0.456 e. The van der Waals surface area contributed by atoms with E-state index in [1.54, 1.807) is 0 Å². The van der Waals surface area contributed by atoms with Crippen molar-refractivity contribution < 1.29 is 31.8 Å². The molecule has 0 spiro atoms. The molecule has 0 aliphatic rings. The van der Waals surface area contributed by atoms with Crippen LogP contribution in [0, 0.1) is 11.3 Å². The van der Waals surface area contributed by atoms with Gasteiger partial charge in [0.1, 0.15) is 0 Å². The molecule has 0 heterocycles. The van der Waals surface area contributed by atoms with Crippen LogP contribution in [0.2, 0.25) is 0 Å². The Labute approximate surface area is 94.1 Å². The van der Waals surface area contributed by atoms with E-state index in [0.717, 1.165) is 6.07 Å². The molecule has 1 atom stereocenters. The van der Waals surface area contributed by atoms with Gasteiger partial charge in [0.2, 0.25) is 0 Å². The molecule has 0 aliphatic heterocycles. The highest BCUT2D eigenvalue weighted by Crippen LogP contribution is 2.45. The number of hydrogen-bond acceptors (Lipinski definition) is 3. The van der Waals surface area contributed by atoms with E-state index in [0.29, 0.717) is 6.26 Å². The molecule has 0 aliphatic carbocycles. The van der Waals surface area contributed by atoms with E-state index in [1.165, 1.54) is 6.92 Å². The monoisotopic (exact) mass is 259 g/mol. The Kier molecular flexibility index (Phi) is 4.89. The zero-order valence-corrected chi connectivity index (χ0v) is 8.76. The second kappa shape index (κ2) is 5.31. The summed E-state index contributed by atoms with van der Waals surface area (Å²) >= 11 is 0. The first-order valence-corrected chi connectivity index (χ1v) is 4.45. The second-order valence-electron chi connectivity index (χ2n) is 3.09. The Morgan fingerprint density at radius 3 is 2.18 bits per heavy atom. The van der Waals surface area contributed by atoms with Gasteiger partial charge in [-0.15, -0.1) is 0 Å². The van der Waals surface area contributed by atoms with Gasteiger partial charge in [-0.3, -0.25) is 0 Å². The second-order valence-corrected chi connectivity index (χ2v) is 3.09. The van der Waals surface area contributed by atoms with Crippen molar-refractivity contribution in [3.8, 4) is 6.07 Å². The lowest BCUT2D eigenvalue weighted by Gasteiger charge is -2.32. The third-order valence-electron chi connectivity index (χ3n) is 1.85. The van der Waals surface area contributed by atoms with Gasteiger partial charge in [0.15, 0.2) is 5.60 Å². The normalized spacial score (nSPS) is 16.6. The third kappa shape index (κ3) is 3.30. The molecule has 0 aromatic rings. The summed E-state index contributed by atoms with van der Waals surface area (Å²) in [5, 5.41) is 17.4. The maximum atomic E-state index is 13.0. The van der Waals surface area contributed by atoms with E-state index in [1.807, 2.05) is 0 Å². The molecule has 1 unspecified atom stereocenters. The number of nitriles is 1. The van der Waals surface area contributed by atoms with Crippen molar-refractivity contribution in [2.24, 2.45) is 0 Å². The van der Waals surface area contributed by atoms with Crippen molar-refractivity contribution in [3.05, 3.63) is 12.3 Å². The van der Waals surface area contributed by atoms with Gasteiger partial charge < -0.3 is 9.84 Å². The molecule has 3 nitrogen and oxygen atoms in total. The molecule has 0 bridgehead atoms. The van der Waals surface area contributed by atoms with Crippen LogP contribution in [0.25, 0.3) is 0 Å². The predicted molar refractivity (Wildman–Crippen MR) is 46.9 cm³/mol. The largest absolute Gasteiger partial charge is 0.502 e. The van der Waals surface area contributed by atoms with Crippen molar-refractivity contribution >= 4 is 0 Å². The molecule has 0 aromatic heterocycles. The van der Waals surface area contributed by atoms with Crippen LogP contribution < -0.4 is 0 Å². The van der Waals surface area contributed by atoms with Gasteiger partial charge in [0, 0.05) is 0 Å². The molecule has 17 heavy (non-hydrogen) atoms. The van der Waals surface area contributed by atoms with E-state index < -0.39 is 24.1 Å². The lowest BCUT2D eigenvalue weighted by atomic mass is 9.92. The molecule has 0 radical (unpaired) electrons. The highest BCUT2D eigenvalue weighted by molar-refractivity contribution is 5.13. The summed E-state index contributed by atoms with van der Waals surface area (Å²) < 4.78 is 66.6. The molecule has 8 heteroatoms. The van der Waals surface area contributed by atoms with Gasteiger partial charge >= 0.3 is 12.1 Å². The Morgan fingerprint density at radius 2 is 1.82 bits per heavy atom. The van der Waals surface area contributed by atoms with E-state index in [9.17, 15) is 27.1 Å². The number of halogens is 5. The Hall–Kier alpha value is -1.36. The van der Waals surface area contributed by atoms with Crippen molar-refractivity contribution in [2.75, 3.05) is 6.61 Å². The lowest BCUT2D eigenvalue weighted by molar-refractivity contribution is -0.330. The summed E-state index contributed by atoms with van der Waals surface area (Å²) in [6.07, 6.45) is -6.73. The molecule has 0 amide bonds. The minimum absolute atomic E-state index is 0.0245. The van der Waals surface area contributed by atoms with Crippen molar-refractivity contribution in [1.29, 1.82) is 5.26 Å². The van der Waals surface area contributed by atoms with Gasteiger partial charge in [-0.2, -0.15) is 27.2 Å². The van der Waals surface area contributed by atoms with Gasteiger partial charge in [0.25, 0.3) is 0 Å². The number of hydrogen-bond donors (Lipinski definition) is 1. The third-order valence-corrected chi connectivity index (χ3v) is 1.85. The van der Waals surface area contributed by atoms with Crippen molar-refractivity contribution in [1.82, 2.24) is 0 Å². The first-order chi connectivity index (χ1) is 7.62. The summed E-state index contributed by atoms with van der Waals surface area (Å²) in [4.78, 5) is 0. The Bertz CT molecular complexity index is 320. The van der Waals surface area contributed by atoms with Crippen LogP contribution in [0.15, 0.2) is 12.3 Å². The van der Waals surface area contributed by atoms with Gasteiger partial charge in [-0.25, -0.2) is 0 Å². The standard InChI is InChI=1S/C9H10F5NO2/c1-2-17-6-4-7(16,3-5-15)8(10,11)9(12,13)14/h4,6,16H,2-3H2,1H3. The lowest BCUT2D eigenvalue weighted by Crippen LogP contribution is -2.55. The van der Waals surface area contributed by atoms with Gasteiger partial charge in [-0.05, 0) is 13.0 Å². The SMILES string of the molecule is CCOC=CC(O)(CC#N)C(F)(F)C(F)(F)F. The smallest absolute Gasteiger partial charge is 0.456 e. The molecule has 98 valence electrons. The summed E-state index contributed by atoms with van der Waals surface area (Å²) in [5.41, 5.74) is -3.64. The molecular weight excluding hydrogens is 249 g/mol. The summed E-state index contributed by atoms with van der Waals surface area (Å²) in [6.45, 7) is 1.49. The van der Waals surface area contributed by atoms with Crippen LogP contribution in [0.1, 0.15) is 13.3 Å². The average Bonchev–Trinajstić information content (AvgIpc) is 2.16. The average molecular weight is 259 g/mol. The van der Waals surface area contributed by atoms with Crippen LogP contribution in [0.5, 0.6) is 0 Å². The summed E-state index contributed by atoms with van der Waals surface area (Å²) in [7, 11) is 0. The fourth-order valence-electron chi connectivity index (χ4n) is 0.897. The number of ether oxygens (including phenoxy) is 1. The molecule has 1 N–H and O–H groups in total. The summed E-state index contributed by atoms with van der Waals surface area (Å²) in [5.74, 6) is -5.44. The van der Waals surface area contributed by atoms with Crippen LogP contribution in [-0.4, -0.2) is 29.4 Å². The van der Waals surface area contributed by atoms with Crippen LogP contribution in [0.4, 0.5) is 22.0 Å². The maximum absolute atomic E-state index is 13.0. The molecule has 0 fully saturated rings. The molecule has 0 aromatic carbocycles. The van der Waals surface area contributed by atoms with E-state index in [-0.39, 0.29) is 12.7 Å². The van der Waals surface area contributed by atoms with E-state index >= 15 is 0 Å². The zero-order valence-electron chi connectivity index (χ0n) is 8.76. The minimum Gasteiger partial charge on any atom is -0.502 e. The molecule has 0 saturated heterocycles. The zero-order chi connectivity index (χ0) is 13.7.